The predicted octanol–water partition coefficient (Wildman–Crippen LogP) is 1.97. The SMILES string of the molecule is C/C=N/NC(=O)CCCOc1ccc(Cl)cc1Cl.O.O=[N+]([O-])[O-].O=[N+]([O-])[O-].[Ni+2]. The predicted molar refractivity (Wildman–Crippen MR) is 97.8 cm³/mol. The zero-order valence-electron chi connectivity index (χ0n) is 14.1. The third-order valence-corrected chi connectivity index (χ3v) is 2.55. The number of ether oxygens (including phenoxy) is 1. The maximum absolute atomic E-state index is 11.2. The average molecular weight is 490 g/mol. The van der Waals surface area contributed by atoms with E-state index in [1.165, 1.54) is 6.21 Å². The molecule has 162 valence electrons. The van der Waals surface area contributed by atoms with Crippen LogP contribution in [0.3, 0.4) is 0 Å². The first-order valence-electron chi connectivity index (χ1n) is 6.57. The fourth-order valence-electron chi connectivity index (χ4n) is 1.20. The number of hydrazone groups is 1. The third-order valence-electron chi connectivity index (χ3n) is 2.02. The summed E-state index contributed by atoms with van der Waals surface area (Å²) in [4.78, 5) is 27.7. The van der Waals surface area contributed by atoms with Gasteiger partial charge in [-0.05, 0) is 31.5 Å². The molecule has 0 saturated heterocycles. The number of hydrogen-bond acceptors (Lipinski definition) is 9. The number of nitrogens with zero attached hydrogens (tertiary/aromatic N) is 3. The summed E-state index contributed by atoms with van der Waals surface area (Å²) in [6, 6.07) is 5.01. The molecule has 0 heterocycles. The van der Waals surface area contributed by atoms with Gasteiger partial charge in [0.25, 0.3) is 0 Å². The Morgan fingerprint density at radius 3 is 2.14 bits per heavy atom. The standard InChI is InChI=1S/C12H14Cl2N2O2.2NO3.Ni.H2O/c1-2-15-16-12(17)4-3-7-18-11-6-5-9(13)8-10(11)14;2*2-1(3)4;;/h2,5-6,8H,3-4,7H2,1H3,(H,16,17);;;;1H2/q;2*-1;+2;/b15-2+;;;;. The quantitative estimate of drug-likeness (QED) is 0.204. The third kappa shape index (κ3) is 25.8. The number of rotatable bonds is 6. The molecule has 0 aliphatic rings. The van der Waals surface area contributed by atoms with Gasteiger partial charge in [0.1, 0.15) is 5.75 Å². The van der Waals surface area contributed by atoms with Crippen LogP contribution < -0.4 is 10.2 Å². The van der Waals surface area contributed by atoms with Crippen LogP contribution in [0.4, 0.5) is 0 Å². The van der Waals surface area contributed by atoms with Gasteiger partial charge in [0.2, 0.25) is 5.91 Å². The van der Waals surface area contributed by atoms with Crippen molar-refractivity contribution in [2.75, 3.05) is 6.61 Å². The van der Waals surface area contributed by atoms with E-state index < -0.39 is 10.2 Å². The Labute approximate surface area is 178 Å². The molecular formula is C12H16Cl2N4NiO9. The van der Waals surface area contributed by atoms with E-state index in [0.29, 0.717) is 35.2 Å². The van der Waals surface area contributed by atoms with Crippen LogP contribution in [-0.2, 0) is 21.3 Å². The molecule has 0 aliphatic carbocycles. The summed E-state index contributed by atoms with van der Waals surface area (Å²) in [6.45, 7) is 2.14. The molecule has 1 aromatic carbocycles. The van der Waals surface area contributed by atoms with Crippen LogP contribution >= 0.6 is 23.2 Å². The Morgan fingerprint density at radius 1 is 1.21 bits per heavy atom. The van der Waals surface area contributed by atoms with Gasteiger partial charge < -0.3 is 40.9 Å². The number of halogens is 2. The van der Waals surface area contributed by atoms with Gasteiger partial charge in [-0.25, -0.2) is 5.43 Å². The Bertz CT molecular complexity index is 603. The Balaban J connectivity index is -0.000000246. The second kappa shape index (κ2) is 20.9. The largest absolute Gasteiger partial charge is 2.00 e. The second-order valence-corrected chi connectivity index (χ2v) is 4.74. The maximum atomic E-state index is 11.2. The minimum Gasteiger partial charge on any atom is -0.492 e. The van der Waals surface area contributed by atoms with Gasteiger partial charge in [0, 0.05) is 17.7 Å². The smallest absolute Gasteiger partial charge is 0.492 e. The van der Waals surface area contributed by atoms with Gasteiger partial charge in [-0.2, -0.15) is 5.10 Å². The summed E-state index contributed by atoms with van der Waals surface area (Å²) in [6.07, 6.45) is 2.45. The number of amides is 1. The van der Waals surface area contributed by atoms with Gasteiger partial charge >= 0.3 is 16.5 Å². The van der Waals surface area contributed by atoms with Crippen molar-refractivity contribution in [3.8, 4) is 5.75 Å². The van der Waals surface area contributed by atoms with Gasteiger partial charge in [-0.3, -0.25) is 4.79 Å². The molecule has 1 amide bonds. The Morgan fingerprint density at radius 2 is 1.71 bits per heavy atom. The molecular weight excluding hydrogens is 474 g/mol. The zero-order chi connectivity index (χ0) is 20.5. The van der Waals surface area contributed by atoms with E-state index in [0.717, 1.165) is 0 Å². The molecule has 13 nitrogen and oxygen atoms in total. The molecule has 3 N–H and O–H groups in total. The molecule has 0 aliphatic heterocycles. The van der Waals surface area contributed by atoms with Crippen LogP contribution in [0.5, 0.6) is 5.75 Å². The van der Waals surface area contributed by atoms with Crippen molar-refractivity contribution in [1.29, 1.82) is 0 Å². The summed E-state index contributed by atoms with van der Waals surface area (Å²) in [5, 5.41) is 34.2. The molecule has 0 fully saturated rings. The minimum atomic E-state index is -1.75. The molecule has 0 radical (unpaired) electrons. The number of hydrogen-bond donors (Lipinski definition) is 1. The molecule has 0 spiro atoms. The van der Waals surface area contributed by atoms with Gasteiger partial charge in [-0.15, -0.1) is 0 Å². The van der Waals surface area contributed by atoms with Crippen molar-refractivity contribution in [2.24, 2.45) is 5.10 Å². The first kappa shape index (κ1) is 33.2. The number of benzene rings is 1. The molecule has 0 atom stereocenters. The van der Waals surface area contributed by atoms with Crippen LogP contribution in [0.15, 0.2) is 23.3 Å². The molecule has 0 saturated carbocycles. The summed E-state index contributed by atoms with van der Waals surface area (Å²) in [5.74, 6) is 0.423. The molecule has 0 unspecified atom stereocenters. The van der Waals surface area contributed by atoms with Crippen LogP contribution in [0.25, 0.3) is 0 Å². The molecule has 1 rings (SSSR count). The Kier molecular flexibility index (Phi) is 24.8. The fraction of sp³-hybridized carbons (Fsp3) is 0.333. The van der Waals surface area contributed by atoms with Crippen LogP contribution in [0, 0.1) is 30.6 Å². The molecule has 0 bridgehead atoms. The van der Waals surface area contributed by atoms with Gasteiger partial charge in [0.05, 0.1) is 21.8 Å². The normalized spacial score (nSPS) is 8.54. The van der Waals surface area contributed by atoms with Gasteiger partial charge in [-0.1, -0.05) is 23.2 Å². The Hall–Kier alpha value is -2.41. The van der Waals surface area contributed by atoms with Crippen molar-refractivity contribution >= 4 is 35.3 Å². The topological polar surface area (TPSA) is 215 Å². The van der Waals surface area contributed by atoms with Crippen LogP contribution in [0.2, 0.25) is 10.0 Å². The molecule has 28 heavy (non-hydrogen) atoms. The van der Waals surface area contributed by atoms with E-state index >= 15 is 0 Å². The maximum Gasteiger partial charge on any atom is 2.00 e. The van der Waals surface area contributed by atoms with Crippen molar-refractivity contribution < 1.29 is 41.7 Å². The monoisotopic (exact) mass is 488 g/mol. The van der Waals surface area contributed by atoms with E-state index in [4.69, 9.17) is 58.6 Å². The van der Waals surface area contributed by atoms with E-state index in [1.807, 2.05) is 0 Å². The molecule has 1 aromatic rings. The first-order chi connectivity index (χ1) is 12.1. The summed E-state index contributed by atoms with van der Waals surface area (Å²) in [5.41, 5.74) is 2.38. The number of carbonyl (C=O) groups is 1. The zero-order valence-corrected chi connectivity index (χ0v) is 16.6. The van der Waals surface area contributed by atoms with E-state index in [1.54, 1.807) is 25.1 Å². The second-order valence-electron chi connectivity index (χ2n) is 3.90. The van der Waals surface area contributed by atoms with E-state index in [9.17, 15) is 4.79 Å². The summed E-state index contributed by atoms with van der Waals surface area (Å²) < 4.78 is 5.44. The van der Waals surface area contributed by atoms with Crippen molar-refractivity contribution in [1.82, 2.24) is 5.43 Å². The van der Waals surface area contributed by atoms with E-state index in [-0.39, 0.29) is 27.9 Å². The summed E-state index contributed by atoms with van der Waals surface area (Å²) in [7, 11) is 0. The minimum absolute atomic E-state index is 0. The summed E-state index contributed by atoms with van der Waals surface area (Å²) >= 11 is 11.7. The number of nitrogens with one attached hydrogen (secondary N) is 1. The first-order valence-corrected chi connectivity index (χ1v) is 7.33. The van der Waals surface area contributed by atoms with Crippen molar-refractivity contribution in [2.45, 2.75) is 19.8 Å². The van der Waals surface area contributed by atoms with Crippen LogP contribution in [-0.4, -0.2) is 34.4 Å². The molecule has 16 heteroatoms. The van der Waals surface area contributed by atoms with Gasteiger partial charge in [0.15, 0.2) is 0 Å². The fourth-order valence-corrected chi connectivity index (χ4v) is 1.66. The number of carbonyl (C=O) groups excluding carboxylic acids is 1. The molecule has 0 aromatic heterocycles. The average Bonchev–Trinajstić information content (AvgIpc) is 2.50. The van der Waals surface area contributed by atoms with Crippen LogP contribution in [0.1, 0.15) is 19.8 Å². The van der Waals surface area contributed by atoms with E-state index in [2.05, 4.69) is 10.5 Å². The van der Waals surface area contributed by atoms with Crippen molar-refractivity contribution in [3.05, 3.63) is 58.9 Å². The van der Waals surface area contributed by atoms with Crippen molar-refractivity contribution in [3.63, 3.8) is 0 Å².